The molecule has 0 fully saturated rings. The summed E-state index contributed by atoms with van der Waals surface area (Å²) in [5, 5.41) is 9.60. The Morgan fingerprint density at radius 3 is 2.64 bits per heavy atom. The van der Waals surface area contributed by atoms with Gasteiger partial charge >= 0.3 is 0 Å². The van der Waals surface area contributed by atoms with Gasteiger partial charge in [-0.1, -0.05) is 12.1 Å². The third-order valence-corrected chi connectivity index (χ3v) is 2.06. The number of aromatic nitrogens is 2. The van der Waals surface area contributed by atoms with E-state index in [2.05, 4.69) is 9.97 Å². The number of anilines is 1. The number of hydrogen-bond donors (Lipinski definition) is 3. The normalized spacial score (nSPS) is 10.4. The molecule has 0 bridgehead atoms. The average molecular weight is 189 g/mol. The molecule has 0 radical (unpaired) electrons. The lowest BCUT2D eigenvalue weighted by molar-refractivity contribution is 0.477. The third kappa shape index (κ3) is 1.31. The van der Waals surface area contributed by atoms with E-state index in [9.17, 15) is 5.11 Å². The van der Waals surface area contributed by atoms with Crippen LogP contribution in [0.1, 0.15) is 5.69 Å². The number of benzene rings is 1. The molecule has 0 aliphatic heterocycles. The van der Waals surface area contributed by atoms with Crippen LogP contribution in [-0.4, -0.2) is 15.1 Å². The summed E-state index contributed by atoms with van der Waals surface area (Å²) < 4.78 is 0. The first-order valence-electron chi connectivity index (χ1n) is 4.29. The molecule has 0 saturated heterocycles. The maximum atomic E-state index is 9.60. The van der Waals surface area contributed by atoms with Crippen LogP contribution in [0.4, 0.5) is 5.95 Å². The smallest absolute Gasteiger partial charge is 0.198 e. The number of phenols is 1. The second-order valence-electron chi connectivity index (χ2n) is 3.11. The summed E-state index contributed by atoms with van der Waals surface area (Å²) in [5.74, 6) is 0.572. The molecule has 72 valence electrons. The highest BCUT2D eigenvalue weighted by Gasteiger charge is 2.10. The minimum atomic E-state index is 0.210. The molecular formula is C10H11N3O. The SMILES string of the molecule is Cc1[nH]c(N)nc1-c1ccccc1O. The van der Waals surface area contributed by atoms with E-state index in [1.54, 1.807) is 18.2 Å². The number of nitrogen functional groups attached to an aromatic ring is 1. The van der Waals surface area contributed by atoms with Crippen molar-refractivity contribution in [3.63, 3.8) is 0 Å². The fraction of sp³-hybridized carbons (Fsp3) is 0.100. The van der Waals surface area contributed by atoms with Crippen LogP contribution in [0.15, 0.2) is 24.3 Å². The monoisotopic (exact) mass is 189 g/mol. The largest absolute Gasteiger partial charge is 0.507 e. The number of nitrogens with zero attached hydrogens (tertiary/aromatic N) is 1. The van der Waals surface area contributed by atoms with Crippen molar-refractivity contribution < 1.29 is 5.11 Å². The molecule has 0 amide bonds. The molecule has 1 aromatic heterocycles. The Kier molecular flexibility index (Phi) is 1.89. The van der Waals surface area contributed by atoms with Gasteiger partial charge in [0.05, 0.1) is 5.69 Å². The van der Waals surface area contributed by atoms with Crippen molar-refractivity contribution in [2.75, 3.05) is 5.73 Å². The van der Waals surface area contributed by atoms with Gasteiger partial charge in [-0.3, -0.25) is 0 Å². The molecule has 0 spiro atoms. The van der Waals surface area contributed by atoms with Crippen molar-refractivity contribution in [1.82, 2.24) is 9.97 Å². The number of nitrogens with two attached hydrogens (primary N) is 1. The van der Waals surface area contributed by atoms with Gasteiger partial charge in [0.25, 0.3) is 0 Å². The number of nitrogens with one attached hydrogen (secondary N) is 1. The van der Waals surface area contributed by atoms with Crippen LogP contribution in [0.3, 0.4) is 0 Å². The highest BCUT2D eigenvalue weighted by atomic mass is 16.3. The standard InChI is InChI=1S/C10H11N3O/c1-6-9(13-10(11)12-6)7-4-2-3-5-8(7)14/h2-5,14H,1H3,(H3,11,12,13). The minimum absolute atomic E-state index is 0.210. The van der Waals surface area contributed by atoms with E-state index < -0.39 is 0 Å². The summed E-state index contributed by atoms with van der Waals surface area (Å²) in [5.41, 5.74) is 7.76. The zero-order chi connectivity index (χ0) is 10.1. The number of H-pyrrole nitrogens is 1. The lowest BCUT2D eigenvalue weighted by Crippen LogP contribution is -1.85. The van der Waals surface area contributed by atoms with E-state index in [1.807, 2.05) is 13.0 Å². The van der Waals surface area contributed by atoms with E-state index in [0.29, 0.717) is 17.2 Å². The molecule has 0 unspecified atom stereocenters. The van der Waals surface area contributed by atoms with Crippen molar-refractivity contribution in [3.8, 4) is 17.0 Å². The Morgan fingerprint density at radius 1 is 1.36 bits per heavy atom. The Morgan fingerprint density at radius 2 is 2.07 bits per heavy atom. The molecule has 0 aliphatic carbocycles. The van der Waals surface area contributed by atoms with Gasteiger partial charge in [0.2, 0.25) is 0 Å². The lowest BCUT2D eigenvalue weighted by Gasteiger charge is -2.00. The number of aromatic hydroxyl groups is 1. The van der Waals surface area contributed by atoms with Crippen LogP contribution in [0, 0.1) is 6.92 Å². The van der Waals surface area contributed by atoms with Crippen LogP contribution >= 0.6 is 0 Å². The number of para-hydroxylation sites is 1. The van der Waals surface area contributed by atoms with E-state index in [-0.39, 0.29) is 5.75 Å². The Labute approximate surface area is 81.4 Å². The number of rotatable bonds is 1. The van der Waals surface area contributed by atoms with Crippen LogP contribution in [0.2, 0.25) is 0 Å². The highest BCUT2D eigenvalue weighted by Crippen LogP contribution is 2.29. The molecule has 14 heavy (non-hydrogen) atoms. The Bertz CT molecular complexity index is 462. The third-order valence-electron chi connectivity index (χ3n) is 2.06. The van der Waals surface area contributed by atoms with Crippen LogP contribution in [0.5, 0.6) is 5.75 Å². The molecule has 1 aromatic carbocycles. The number of imidazole rings is 1. The van der Waals surface area contributed by atoms with Gasteiger partial charge in [-0.05, 0) is 19.1 Å². The van der Waals surface area contributed by atoms with Crippen molar-refractivity contribution in [2.24, 2.45) is 0 Å². The summed E-state index contributed by atoms with van der Waals surface area (Å²) in [6.45, 7) is 1.87. The zero-order valence-corrected chi connectivity index (χ0v) is 7.78. The van der Waals surface area contributed by atoms with Crippen molar-refractivity contribution in [1.29, 1.82) is 0 Å². The fourth-order valence-corrected chi connectivity index (χ4v) is 1.42. The zero-order valence-electron chi connectivity index (χ0n) is 7.78. The summed E-state index contributed by atoms with van der Waals surface area (Å²) in [6, 6.07) is 7.04. The van der Waals surface area contributed by atoms with Crippen molar-refractivity contribution in [3.05, 3.63) is 30.0 Å². The van der Waals surface area contributed by atoms with Crippen LogP contribution < -0.4 is 5.73 Å². The first-order valence-corrected chi connectivity index (χ1v) is 4.29. The van der Waals surface area contributed by atoms with Crippen LogP contribution in [-0.2, 0) is 0 Å². The number of aromatic amines is 1. The van der Waals surface area contributed by atoms with E-state index in [4.69, 9.17) is 5.73 Å². The van der Waals surface area contributed by atoms with E-state index in [0.717, 1.165) is 5.69 Å². The number of aryl methyl sites for hydroxylation is 1. The van der Waals surface area contributed by atoms with Gasteiger partial charge in [0, 0.05) is 11.3 Å². The molecule has 4 nitrogen and oxygen atoms in total. The predicted molar refractivity (Wildman–Crippen MR) is 54.8 cm³/mol. The molecule has 2 aromatic rings. The molecule has 0 atom stereocenters. The maximum Gasteiger partial charge on any atom is 0.198 e. The fourth-order valence-electron chi connectivity index (χ4n) is 1.42. The average Bonchev–Trinajstić information content (AvgIpc) is 2.46. The summed E-state index contributed by atoms with van der Waals surface area (Å²) >= 11 is 0. The predicted octanol–water partition coefficient (Wildman–Crippen LogP) is 1.67. The molecule has 4 N–H and O–H groups in total. The highest BCUT2D eigenvalue weighted by molar-refractivity contribution is 5.69. The summed E-state index contributed by atoms with van der Waals surface area (Å²) in [6.07, 6.45) is 0. The summed E-state index contributed by atoms with van der Waals surface area (Å²) in [4.78, 5) is 6.99. The summed E-state index contributed by atoms with van der Waals surface area (Å²) in [7, 11) is 0. The molecule has 4 heteroatoms. The quantitative estimate of drug-likeness (QED) is 0.638. The van der Waals surface area contributed by atoms with Gasteiger partial charge in [-0.15, -0.1) is 0 Å². The molecule has 0 saturated carbocycles. The Balaban J connectivity index is 2.60. The molecule has 0 aliphatic rings. The van der Waals surface area contributed by atoms with Gasteiger partial charge in [0.1, 0.15) is 5.75 Å². The molecule has 1 heterocycles. The second kappa shape index (κ2) is 3.06. The topological polar surface area (TPSA) is 74.9 Å². The van der Waals surface area contributed by atoms with Crippen molar-refractivity contribution in [2.45, 2.75) is 6.92 Å². The first kappa shape index (κ1) is 8.62. The Hall–Kier alpha value is -1.97. The molecule has 2 rings (SSSR count). The van der Waals surface area contributed by atoms with Crippen molar-refractivity contribution >= 4 is 5.95 Å². The molecular weight excluding hydrogens is 178 g/mol. The van der Waals surface area contributed by atoms with Gasteiger partial charge < -0.3 is 15.8 Å². The lowest BCUT2D eigenvalue weighted by atomic mass is 10.1. The first-order chi connectivity index (χ1) is 6.68. The van der Waals surface area contributed by atoms with Gasteiger partial charge in [-0.25, -0.2) is 4.98 Å². The van der Waals surface area contributed by atoms with Crippen LogP contribution in [0.25, 0.3) is 11.3 Å². The van der Waals surface area contributed by atoms with Gasteiger partial charge in [-0.2, -0.15) is 0 Å². The number of hydrogen-bond acceptors (Lipinski definition) is 3. The number of phenolic OH excluding ortho intramolecular Hbond substituents is 1. The van der Waals surface area contributed by atoms with Gasteiger partial charge in [0.15, 0.2) is 5.95 Å². The maximum absolute atomic E-state index is 9.60. The second-order valence-corrected chi connectivity index (χ2v) is 3.11. The van der Waals surface area contributed by atoms with E-state index >= 15 is 0 Å². The minimum Gasteiger partial charge on any atom is -0.507 e. The van der Waals surface area contributed by atoms with E-state index in [1.165, 1.54) is 0 Å².